The summed E-state index contributed by atoms with van der Waals surface area (Å²) in [5.41, 5.74) is 5.46. The first-order chi connectivity index (χ1) is 6.26. The van der Waals surface area contributed by atoms with Gasteiger partial charge in [0.05, 0.1) is 0 Å². The normalized spacial score (nSPS) is 15.6. The summed E-state index contributed by atoms with van der Waals surface area (Å²) in [6, 6.07) is 0. The molecule has 0 spiro atoms. The molecule has 80 valence electrons. The molecule has 2 atom stereocenters. The van der Waals surface area contributed by atoms with Crippen LogP contribution in [0.1, 0.15) is 46.0 Å². The molecule has 2 unspecified atom stereocenters. The molecule has 0 aromatic heterocycles. The molecular formula is C10H23NOS. The molecule has 0 rings (SSSR count). The van der Waals surface area contributed by atoms with Gasteiger partial charge in [-0.2, -0.15) is 0 Å². The highest BCUT2D eigenvalue weighted by atomic mass is 32.2. The first-order valence-corrected chi connectivity index (χ1v) is 6.71. The van der Waals surface area contributed by atoms with Gasteiger partial charge in [0.2, 0.25) is 0 Å². The van der Waals surface area contributed by atoms with Crippen LogP contribution in [0.3, 0.4) is 0 Å². The van der Waals surface area contributed by atoms with E-state index < -0.39 is 10.8 Å². The Hall–Kier alpha value is 0.110. The smallest absolute Gasteiger partial charge is 0.0357 e. The van der Waals surface area contributed by atoms with E-state index in [-0.39, 0.29) is 0 Å². The quantitative estimate of drug-likeness (QED) is 0.616. The van der Waals surface area contributed by atoms with Crippen LogP contribution >= 0.6 is 0 Å². The van der Waals surface area contributed by atoms with Gasteiger partial charge >= 0.3 is 0 Å². The van der Waals surface area contributed by atoms with Gasteiger partial charge in [0.15, 0.2) is 0 Å². The summed E-state index contributed by atoms with van der Waals surface area (Å²) in [4.78, 5) is 0. The molecule has 0 aliphatic rings. The molecule has 0 radical (unpaired) electrons. The second kappa shape index (κ2) is 8.70. The minimum atomic E-state index is -0.639. The van der Waals surface area contributed by atoms with E-state index in [9.17, 15) is 4.21 Å². The number of unbranched alkanes of at least 4 members (excludes halogenated alkanes) is 2. The van der Waals surface area contributed by atoms with E-state index in [2.05, 4.69) is 13.8 Å². The Kier molecular flexibility index (Phi) is 8.77. The van der Waals surface area contributed by atoms with Crippen LogP contribution < -0.4 is 5.73 Å². The topological polar surface area (TPSA) is 43.1 Å². The maximum Gasteiger partial charge on any atom is 0.0357 e. The molecule has 0 heterocycles. The van der Waals surface area contributed by atoms with Crippen molar-refractivity contribution in [1.82, 2.24) is 0 Å². The fraction of sp³-hybridized carbons (Fsp3) is 1.00. The van der Waals surface area contributed by atoms with Gasteiger partial charge in [0, 0.05) is 21.8 Å². The average Bonchev–Trinajstić information content (AvgIpc) is 2.14. The summed E-state index contributed by atoms with van der Waals surface area (Å²) in [7, 11) is -0.639. The molecule has 0 fully saturated rings. The zero-order chi connectivity index (χ0) is 10.1. The molecule has 3 heteroatoms. The van der Waals surface area contributed by atoms with Crippen molar-refractivity contribution in [3.05, 3.63) is 0 Å². The molecule has 0 saturated heterocycles. The SMILES string of the molecule is CCCCCS(=O)C(CC)CCN. The lowest BCUT2D eigenvalue weighted by molar-refractivity contribution is 0.644. The van der Waals surface area contributed by atoms with Crippen molar-refractivity contribution < 1.29 is 4.21 Å². The van der Waals surface area contributed by atoms with E-state index in [1.54, 1.807) is 0 Å². The zero-order valence-corrected chi connectivity index (χ0v) is 9.74. The van der Waals surface area contributed by atoms with Crippen molar-refractivity contribution in [3.63, 3.8) is 0 Å². The van der Waals surface area contributed by atoms with Crippen LogP contribution in [0.2, 0.25) is 0 Å². The minimum absolute atomic E-state index is 0.335. The van der Waals surface area contributed by atoms with Crippen molar-refractivity contribution in [1.29, 1.82) is 0 Å². The highest BCUT2D eigenvalue weighted by Gasteiger charge is 2.12. The molecule has 2 N–H and O–H groups in total. The number of hydrogen-bond donors (Lipinski definition) is 1. The average molecular weight is 205 g/mol. The van der Waals surface area contributed by atoms with Crippen molar-refractivity contribution >= 4 is 10.8 Å². The maximum absolute atomic E-state index is 11.7. The van der Waals surface area contributed by atoms with Crippen molar-refractivity contribution in [2.24, 2.45) is 5.73 Å². The van der Waals surface area contributed by atoms with Crippen LogP contribution in [0, 0.1) is 0 Å². The molecule has 0 saturated carbocycles. The molecular weight excluding hydrogens is 182 g/mol. The summed E-state index contributed by atoms with van der Waals surface area (Å²) in [6.45, 7) is 4.93. The minimum Gasteiger partial charge on any atom is -0.330 e. The van der Waals surface area contributed by atoms with E-state index in [1.807, 2.05) is 0 Å². The van der Waals surface area contributed by atoms with E-state index >= 15 is 0 Å². The van der Waals surface area contributed by atoms with Crippen LogP contribution in [-0.2, 0) is 10.8 Å². The van der Waals surface area contributed by atoms with Gasteiger partial charge in [-0.25, -0.2) is 0 Å². The monoisotopic (exact) mass is 205 g/mol. The first kappa shape index (κ1) is 13.1. The van der Waals surface area contributed by atoms with Crippen LogP contribution in [-0.4, -0.2) is 21.8 Å². The standard InChI is InChI=1S/C10H23NOS/c1-3-5-6-9-13(12)10(4-2)7-8-11/h10H,3-9,11H2,1-2H3. The summed E-state index contributed by atoms with van der Waals surface area (Å²) in [5.74, 6) is 0.867. The largest absolute Gasteiger partial charge is 0.330 e. The Balaban J connectivity index is 3.64. The molecule has 2 nitrogen and oxygen atoms in total. The van der Waals surface area contributed by atoms with E-state index in [1.165, 1.54) is 12.8 Å². The zero-order valence-electron chi connectivity index (χ0n) is 8.92. The van der Waals surface area contributed by atoms with E-state index in [4.69, 9.17) is 5.73 Å². The number of nitrogens with two attached hydrogens (primary N) is 1. The third-order valence-corrected chi connectivity index (χ3v) is 4.27. The summed E-state index contributed by atoms with van der Waals surface area (Å²) < 4.78 is 11.7. The maximum atomic E-state index is 11.7. The second-order valence-corrected chi connectivity index (χ2v) is 5.24. The highest BCUT2D eigenvalue weighted by Crippen LogP contribution is 2.08. The molecule has 0 aromatic carbocycles. The van der Waals surface area contributed by atoms with Gasteiger partial charge in [-0.05, 0) is 25.8 Å². The van der Waals surface area contributed by atoms with Crippen molar-refractivity contribution in [2.75, 3.05) is 12.3 Å². The lowest BCUT2D eigenvalue weighted by atomic mass is 10.2. The third-order valence-electron chi connectivity index (χ3n) is 2.26. The molecule has 13 heavy (non-hydrogen) atoms. The lowest BCUT2D eigenvalue weighted by Crippen LogP contribution is -2.20. The molecule has 0 aliphatic carbocycles. The van der Waals surface area contributed by atoms with Crippen LogP contribution in [0.4, 0.5) is 0 Å². The summed E-state index contributed by atoms with van der Waals surface area (Å²) in [6.07, 6.45) is 5.41. The Morgan fingerprint density at radius 3 is 2.46 bits per heavy atom. The summed E-state index contributed by atoms with van der Waals surface area (Å²) in [5, 5.41) is 0.335. The van der Waals surface area contributed by atoms with Gasteiger partial charge < -0.3 is 5.73 Å². The van der Waals surface area contributed by atoms with Crippen LogP contribution in [0.15, 0.2) is 0 Å². The number of hydrogen-bond acceptors (Lipinski definition) is 2. The Labute approximate surface area is 84.7 Å². The summed E-state index contributed by atoms with van der Waals surface area (Å²) >= 11 is 0. The molecule has 0 bridgehead atoms. The predicted octanol–water partition coefficient (Wildman–Crippen LogP) is 2.05. The van der Waals surface area contributed by atoms with Crippen LogP contribution in [0.25, 0.3) is 0 Å². The molecule has 0 amide bonds. The lowest BCUT2D eigenvalue weighted by Gasteiger charge is -2.12. The van der Waals surface area contributed by atoms with Gasteiger partial charge in [-0.15, -0.1) is 0 Å². The van der Waals surface area contributed by atoms with Gasteiger partial charge in [-0.3, -0.25) is 4.21 Å². The van der Waals surface area contributed by atoms with Gasteiger partial charge in [-0.1, -0.05) is 26.7 Å². The molecule has 0 aliphatic heterocycles. The van der Waals surface area contributed by atoms with Crippen molar-refractivity contribution in [2.45, 2.75) is 51.2 Å². The van der Waals surface area contributed by atoms with Crippen LogP contribution in [0.5, 0.6) is 0 Å². The van der Waals surface area contributed by atoms with Gasteiger partial charge in [0.1, 0.15) is 0 Å². The Bertz CT molecular complexity index is 139. The number of rotatable bonds is 8. The van der Waals surface area contributed by atoms with Crippen molar-refractivity contribution in [3.8, 4) is 0 Å². The third kappa shape index (κ3) is 6.22. The predicted molar refractivity (Wildman–Crippen MR) is 60.3 cm³/mol. The fourth-order valence-corrected chi connectivity index (χ4v) is 2.96. The molecule has 0 aromatic rings. The Morgan fingerprint density at radius 1 is 1.31 bits per heavy atom. The van der Waals surface area contributed by atoms with Gasteiger partial charge in [0.25, 0.3) is 0 Å². The fourth-order valence-electron chi connectivity index (χ4n) is 1.37. The van der Waals surface area contributed by atoms with E-state index in [0.717, 1.165) is 25.0 Å². The van der Waals surface area contributed by atoms with E-state index in [0.29, 0.717) is 11.8 Å². The highest BCUT2D eigenvalue weighted by molar-refractivity contribution is 7.85. The Morgan fingerprint density at radius 2 is 2.00 bits per heavy atom. The first-order valence-electron chi connectivity index (χ1n) is 5.33. The second-order valence-electron chi connectivity index (χ2n) is 3.40.